The fraction of sp³-hybridized carbons (Fsp3) is 0.357. The van der Waals surface area contributed by atoms with E-state index in [1.807, 2.05) is 0 Å². The molecule has 0 saturated heterocycles. The zero-order valence-electron chi connectivity index (χ0n) is 11.7. The van der Waals surface area contributed by atoms with E-state index in [-0.39, 0.29) is 25.1 Å². The van der Waals surface area contributed by atoms with Gasteiger partial charge in [-0.2, -0.15) is 18.3 Å². The molecule has 0 unspecified atom stereocenters. The molecular formula is C14H14ClF3N2O2. The van der Waals surface area contributed by atoms with Crippen LogP contribution in [0, 0.1) is 0 Å². The van der Waals surface area contributed by atoms with E-state index >= 15 is 0 Å². The average Bonchev–Trinajstić information content (AvgIpc) is 2.82. The maximum Gasteiger partial charge on any atom is 0.435 e. The minimum atomic E-state index is -4.56. The first-order valence-corrected chi connectivity index (χ1v) is 6.79. The van der Waals surface area contributed by atoms with Crippen LogP contribution in [0.2, 0.25) is 5.02 Å². The quantitative estimate of drug-likeness (QED) is 0.913. The van der Waals surface area contributed by atoms with Crippen LogP contribution in [0.3, 0.4) is 0 Å². The molecule has 1 aromatic heterocycles. The molecule has 0 bridgehead atoms. The number of hydrogen-bond donors (Lipinski definition) is 1. The minimum Gasteiger partial charge on any atom is -0.496 e. The van der Waals surface area contributed by atoms with Crippen molar-refractivity contribution in [2.45, 2.75) is 19.1 Å². The van der Waals surface area contributed by atoms with Gasteiger partial charge in [0.1, 0.15) is 5.75 Å². The summed E-state index contributed by atoms with van der Waals surface area (Å²) in [4.78, 5) is 0. The van der Waals surface area contributed by atoms with Crippen molar-refractivity contribution in [3.63, 3.8) is 0 Å². The van der Waals surface area contributed by atoms with Crippen LogP contribution in [-0.4, -0.2) is 28.6 Å². The zero-order valence-corrected chi connectivity index (χ0v) is 12.4. The van der Waals surface area contributed by atoms with Crippen molar-refractivity contribution in [3.8, 4) is 5.75 Å². The Morgan fingerprint density at radius 1 is 1.32 bits per heavy atom. The van der Waals surface area contributed by atoms with Gasteiger partial charge >= 0.3 is 6.18 Å². The third-order valence-electron chi connectivity index (χ3n) is 3.06. The largest absolute Gasteiger partial charge is 0.496 e. The Morgan fingerprint density at radius 3 is 2.64 bits per heavy atom. The van der Waals surface area contributed by atoms with Gasteiger partial charge in [-0.25, -0.2) is 0 Å². The van der Waals surface area contributed by atoms with E-state index in [1.165, 1.54) is 18.0 Å². The third kappa shape index (κ3) is 3.72. The third-order valence-corrected chi connectivity index (χ3v) is 3.30. The summed E-state index contributed by atoms with van der Waals surface area (Å²) in [6, 6.07) is 4.88. The summed E-state index contributed by atoms with van der Waals surface area (Å²) >= 11 is 5.90. The monoisotopic (exact) mass is 334 g/mol. The van der Waals surface area contributed by atoms with E-state index in [0.717, 1.165) is 0 Å². The molecule has 120 valence electrons. The van der Waals surface area contributed by atoms with Gasteiger partial charge in [-0.3, -0.25) is 4.68 Å². The number of nitrogens with zero attached hydrogens (tertiary/aromatic N) is 2. The van der Waals surface area contributed by atoms with Gasteiger partial charge in [0.25, 0.3) is 0 Å². The number of methoxy groups -OCH3 is 1. The Hall–Kier alpha value is -1.73. The lowest BCUT2D eigenvalue weighted by molar-refractivity contribution is -0.142. The number of aliphatic hydroxyl groups excluding tert-OH is 1. The first-order chi connectivity index (χ1) is 10.3. The molecule has 1 heterocycles. The molecule has 0 amide bonds. The van der Waals surface area contributed by atoms with Gasteiger partial charge < -0.3 is 9.84 Å². The van der Waals surface area contributed by atoms with Crippen LogP contribution in [0.4, 0.5) is 13.2 Å². The van der Waals surface area contributed by atoms with Crippen LogP contribution in [0.15, 0.2) is 24.4 Å². The normalized spacial score (nSPS) is 11.7. The standard InChI is InChI=1S/C14H14ClF3N2O2/c1-22-12-3-2-11(15)6-10(12)8-20-7-9(4-5-21)13(19-20)14(16,17)18/h2-3,6-7,21H,4-5,8H2,1H3. The van der Waals surface area contributed by atoms with Crippen molar-refractivity contribution in [3.05, 3.63) is 46.2 Å². The Bertz CT molecular complexity index is 656. The number of benzene rings is 1. The van der Waals surface area contributed by atoms with E-state index in [1.54, 1.807) is 18.2 Å². The highest BCUT2D eigenvalue weighted by molar-refractivity contribution is 6.30. The van der Waals surface area contributed by atoms with Gasteiger partial charge in [0.15, 0.2) is 5.69 Å². The molecule has 2 aromatic rings. The molecule has 0 saturated carbocycles. The Labute approximate surface area is 130 Å². The van der Waals surface area contributed by atoms with Crippen LogP contribution < -0.4 is 4.74 Å². The van der Waals surface area contributed by atoms with E-state index in [2.05, 4.69) is 5.10 Å². The second-order valence-corrected chi connectivity index (χ2v) is 5.06. The summed E-state index contributed by atoms with van der Waals surface area (Å²) in [5, 5.41) is 12.9. The fourth-order valence-corrected chi connectivity index (χ4v) is 2.33. The van der Waals surface area contributed by atoms with Crippen LogP contribution in [0.25, 0.3) is 0 Å². The number of aliphatic hydroxyl groups is 1. The van der Waals surface area contributed by atoms with Gasteiger partial charge in [0.2, 0.25) is 0 Å². The Balaban J connectivity index is 2.36. The second-order valence-electron chi connectivity index (χ2n) is 4.63. The molecule has 8 heteroatoms. The number of ether oxygens (including phenoxy) is 1. The molecule has 1 aromatic carbocycles. The summed E-state index contributed by atoms with van der Waals surface area (Å²) in [6.45, 7) is -0.298. The zero-order chi connectivity index (χ0) is 16.3. The molecule has 1 N–H and O–H groups in total. The topological polar surface area (TPSA) is 47.3 Å². The number of alkyl halides is 3. The molecule has 4 nitrogen and oxygen atoms in total. The van der Waals surface area contributed by atoms with Crippen molar-refractivity contribution in [2.24, 2.45) is 0 Å². The highest BCUT2D eigenvalue weighted by atomic mass is 35.5. The van der Waals surface area contributed by atoms with E-state index in [0.29, 0.717) is 16.3 Å². The van der Waals surface area contributed by atoms with Gasteiger partial charge in [0.05, 0.1) is 13.7 Å². The fourth-order valence-electron chi connectivity index (χ4n) is 2.13. The number of rotatable bonds is 5. The summed E-state index contributed by atoms with van der Waals surface area (Å²) in [6.07, 6.45) is -3.39. The second kappa shape index (κ2) is 6.58. The van der Waals surface area contributed by atoms with Gasteiger partial charge in [0, 0.05) is 29.0 Å². The van der Waals surface area contributed by atoms with Gasteiger partial charge in [-0.05, 0) is 24.6 Å². The van der Waals surface area contributed by atoms with Crippen LogP contribution in [0.5, 0.6) is 5.75 Å². The maximum atomic E-state index is 12.9. The Kier molecular flexibility index (Phi) is 4.97. The maximum absolute atomic E-state index is 12.9. The number of halogens is 4. The van der Waals surface area contributed by atoms with E-state index in [4.69, 9.17) is 21.4 Å². The first-order valence-electron chi connectivity index (χ1n) is 6.42. The molecule has 0 atom stereocenters. The number of hydrogen-bond acceptors (Lipinski definition) is 3. The molecule has 0 aliphatic heterocycles. The van der Waals surface area contributed by atoms with Crippen LogP contribution in [0.1, 0.15) is 16.8 Å². The van der Waals surface area contributed by atoms with E-state index in [9.17, 15) is 13.2 Å². The first kappa shape index (κ1) is 16.6. The predicted octanol–water partition coefficient (Wildman–Crippen LogP) is 3.15. The summed E-state index contributed by atoms with van der Waals surface area (Å²) in [5.41, 5.74) is -0.416. The Morgan fingerprint density at radius 2 is 2.05 bits per heavy atom. The molecule has 0 aliphatic carbocycles. The number of aromatic nitrogens is 2. The van der Waals surface area contributed by atoms with Crippen molar-refractivity contribution in [1.29, 1.82) is 0 Å². The van der Waals surface area contributed by atoms with Gasteiger partial charge in [-0.15, -0.1) is 0 Å². The molecule has 2 rings (SSSR count). The molecule has 0 fully saturated rings. The minimum absolute atomic E-state index is 0.0454. The van der Waals surface area contributed by atoms with Crippen LogP contribution in [-0.2, 0) is 19.1 Å². The van der Waals surface area contributed by atoms with Crippen molar-refractivity contribution in [2.75, 3.05) is 13.7 Å². The van der Waals surface area contributed by atoms with Crippen molar-refractivity contribution >= 4 is 11.6 Å². The highest BCUT2D eigenvalue weighted by Gasteiger charge is 2.36. The van der Waals surface area contributed by atoms with Gasteiger partial charge in [-0.1, -0.05) is 11.6 Å². The van der Waals surface area contributed by atoms with Crippen molar-refractivity contribution in [1.82, 2.24) is 9.78 Å². The summed E-state index contributed by atoms with van der Waals surface area (Å²) in [5.74, 6) is 0.511. The lowest BCUT2D eigenvalue weighted by Crippen LogP contribution is -2.11. The molecule has 0 aliphatic rings. The molecule has 0 radical (unpaired) electrons. The van der Waals surface area contributed by atoms with Crippen molar-refractivity contribution < 1.29 is 23.0 Å². The molecule has 0 spiro atoms. The molecule has 22 heavy (non-hydrogen) atoms. The molecular weight excluding hydrogens is 321 g/mol. The SMILES string of the molecule is COc1ccc(Cl)cc1Cn1cc(CCO)c(C(F)(F)F)n1. The summed E-state index contributed by atoms with van der Waals surface area (Å²) in [7, 11) is 1.47. The lowest BCUT2D eigenvalue weighted by atomic mass is 10.2. The summed E-state index contributed by atoms with van der Waals surface area (Å²) < 4.78 is 45.1. The van der Waals surface area contributed by atoms with Crippen LogP contribution >= 0.6 is 11.6 Å². The lowest BCUT2D eigenvalue weighted by Gasteiger charge is -2.09. The smallest absolute Gasteiger partial charge is 0.435 e. The van der Waals surface area contributed by atoms with E-state index < -0.39 is 11.9 Å². The predicted molar refractivity (Wildman–Crippen MR) is 75.1 cm³/mol. The average molecular weight is 335 g/mol. The highest BCUT2D eigenvalue weighted by Crippen LogP contribution is 2.31.